The van der Waals surface area contributed by atoms with Crippen molar-refractivity contribution in [1.82, 2.24) is 0 Å². The molecule has 0 saturated carbocycles. The molecule has 74 valence electrons. The van der Waals surface area contributed by atoms with Crippen LogP contribution in [-0.4, -0.2) is 6.61 Å². The Kier molecular flexibility index (Phi) is 4.05. The van der Waals surface area contributed by atoms with Crippen LogP contribution in [-0.2, 0) is 4.74 Å². The zero-order chi connectivity index (χ0) is 10.6. The van der Waals surface area contributed by atoms with Gasteiger partial charge in [-0.25, -0.2) is 4.39 Å². The molecule has 0 spiro atoms. The second-order valence-electron chi connectivity index (χ2n) is 2.63. The van der Waals surface area contributed by atoms with E-state index in [1.54, 1.807) is 13.0 Å². The van der Waals surface area contributed by atoms with Crippen molar-refractivity contribution in [1.29, 1.82) is 5.26 Å². The van der Waals surface area contributed by atoms with Crippen molar-refractivity contribution in [2.45, 2.75) is 13.0 Å². The van der Waals surface area contributed by atoms with E-state index in [9.17, 15) is 4.39 Å². The van der Waals surface area contributed by atoms with E-state index in [4.69, 9.17) is 10.00 Å². The van der Waals surface area contributed by atoms with E-state index >= 15 is 0 Å². The van der Waals surface area contributed by atoms with E-state index < -0.39 is 6.10 Å². The Morgan fingerprint density at radius 3 is 2.93 bits per heavy atom. The molecule has 0 aromatic heterocycles. The van der Waals surface area contributed by atoms with Gasteiger partial charge in [0.2, 0.25) is 0 Å². The number of halogens is 2. The molecular weight excluding hydrogens is 249 g/mol. The average molecular weight is 258 g/mol. The highest BCUT2D eigenvalue weighted by Crippen LogP contribution is 2.26. The van der Waals surface area contributed by atoms with Crippen LogP contribution in [0.1, 0.15) is 18.6 Å². The van der Waals surface area contributed by atoms with E-state index in [0.29, 0.717) is 16.6 Å². The van der Waals surface area contributed by atoms with Crippen LogP contribution < -0.4 is 0 Å². The number of ether oxygens (including phenoxy) is 1. The van der Waals surface area contributed by atoms with Gasteiger partial charge in [0.1, 0.15) is 5.82 Å². The van der Waals surface area contributed by atoms with Gasteiger partial charge in [-0.1, -0.05) is 15.9 Å². The van der Waals surface area contributed by atoms with Gasteiger partial charge in [0.05, 0.1) is 6.07 Å². The average Bonchev–Trinajstić information content (AvgIpc) is 2.18. The Morgan fingerprint density at radius 1 is 1.64 bits per heavy atom. The van der Waals surface area contributed by atoms with Crippen molar-refractivity contribution in [2.24, 2.45) is 0 Å². The van der Waals surface area contributed by atoms with Crippen LogP contribution in [0.3, 0.4) is 0 Å². The lowest BCUT2D eigenvalue weighted by atomic mass is 10.1. The normalized spacial score (nSPS) is 12.1. The third-order valence-electron chi connectivity index (χ3n) is 1.69. The summed E-state index contributed by atoms with van der Waals surface area (Å²) in [6, 6.07) is 6.16. The second kappa shape index (κ2) is 5.08. The van der Waals surface area contributed by atoms with E-state index in [1.165, 1.54) is 12.1 Å². The maximum atomic E-state index is 12.9. The second-order valence-corrected chi connectivity index (χ2v) is 3.48. The summed E-state index contributed by atoms with van der Waals surface area (Å²) >= 11 is 3.24. The molecule has 0 aliphatic rings. The van der Waals surface area contributed by atoms with Gasteiger partial charge >= 0.3 is 0 Å². The van der Waals surface area contributed by atoms with E-state index in [0.717, 1.165) is 0 Å². The number of hydrogen-bond acceptors (Lipinski definition) is 2. The molecule has 14 heavy (non-hydrogen) atoms. The molecule has 0 radical (unpaired) electrons. The first-order valence-electron chi connectivity index (χ1n) is 4.15. The molecule has 0 aliphatic carbocycles. The fourth-order valence-electron chi connectivity index (χ4n) is 1.08. The van der Waals surface area contributed by atoms with Crippen LogP contribution in [0, 0.1) is 17.1 Å². The highest BCUT2D eigenvalue weighted by atomic mass is 79.9. The summed E-state index contributed by atoms with van der Waals surface area (Å²) in [6.07, 6.45) is -0.718. The molecule has 1 aromatic rings. The van der Waals surface area contributed by atoms with E-state index in [1.807, 2.05) is 6.07 Å². The molecule has 0 amide bonds. The van der Waals surface area contributed by atoms with Crippen LogP contribution >= 0.6 is 15.9 Å². The fraction of sp³-hybridized carbons (Fsp3) is 0.300. The van der Waals surface area contributed by atoms with E-state index in [2.05, 4.69) is 15.9 Å². The van der Waals surface area contributed by atoms with Crippen LogP contribution in [0.4, 0.5) is 4.39 Å². The predicted octanol–water partition coefficient (Wildman–Crippen LogP) is 3.19. The molecule has 2 nitrogen and oxygen atoms in total. The molecule has 1 rings (SSSR count). The van der Waals surface area contributed by atoms with Gasteiger partial charge in [-0.15, -0.1) is 0 Å². The molecule has 0 N–H and O–H groups in total. The Labute approximate surface area is 90.4 Å². The summed E-state index contributed by atoms with van der Waals surface area (Å²) in [7, 11) is 0. The topological polar surface area (TPSA) is 33.0 Å². The third-order valence-corrected chi connectivity index (χ3v) is 2.41. The van der Waals surface area contributed by atoms with Crippen molar-refractivity contribution in [3.8, 4) is 6.07 Å². The van der Waals surface area contributed by atoms with Crippen molar-refractivity contribution in [2.75, 3.05) is 6.61 Å². The van der Waals surface area contributed by atoms with Gasteiger partial charge in [-0.3, -0.25) is 0 Å². The SMILES string of the molecule is CCOC(C#N)c1cc(F)ccc1Br. The Hall–Kier alpha value is -0.920. The van der Waals surface area contributed by atoms with Crippen molar-refractivity contribution in [3.63, 3.8) is 0 Å². The number of nitriles is 1. The van der Waals surface area contributed by atoms with Crippen LogP contribution in [0.5, 0.6) is 0 Å². The standard InChI is InChI=1S/C10H9BrFNO/c1-2-14-10(6-13)8-5-7(12)3-4-9(8)11/h3-5,10H,2H2,1H3. The minimum absolute atomic E-state index is 0.372. The lowest BCUT2D eigenvalue weighted by Crippen LogP contribution is -2.02. The summed E-state index contributed by atoms with van der Waals surface area (Å²) in [5.41, 5.74) is 0.523. The molecule has 1 atom stereocenters. The maximum Gasteiger partial charge on any atom is 0.170 e. The monoisotopic (exact) mass is 257 g/mol. The number of nitrogens with zero attached hydrogens (tertiary/aromatic N) is 1. The van der Waals surface area contributed by atoms with Crippen molar-refractivity contribution < 1.29 is 9.13 Å². The summed E-state index contributed by atoms with van der Waals surface area (Å²) in [6.45, 7) is 2.21. The van der Waals surface area contributed by atoms with Crippen molar-refractivity contribution >= 4 is 15.9 Å². The largest absolute Gasteiger partial charge is 0.359 e. The Morgan fingerprint density at radius 2 is 2.36 bits per heavy atom. The number of hydrogen-bond donors (Lipinski definition) is 0. The van der Waals surface area contributed by atoms with Gasteiger partial charge in [-0.05, 0) is 25.1 Å². The van der Waals surface area contributed by atoms with Crippen LogP contribution in [0.15, 0.2) is 22.7 Å². The lowest BCUT2D eigenvalue weighted by molar-refractivity contribution is 0.101. The minimum Gasteiger partial charge on any atom is -0.359 e. The minimum atomic E-state index is -0.718. The quantitative estimate of drug-likeness (QED) is 0.834. The van der Waals surface area contributed by atoms with Crippen LogP contribution in [0.2, 0.25) is 0 Å². The summed E-state index contributed by atoms with van der Waals surface area (Å²) < 4.78 is 18.7. The molecule has 1 unspecified atom stereocenters. The van der Waals surface area contributed by atoms with Gasteiger partial charge in [-0.2, -0.15) is 5.26 Å². The molecule has 0 aliphatic heterocycles. The van der Waals surface area contributed by atoms with E-state index in [-0.39, 0.29) is 5.82 Å². The zero-order valence-corrected chi connectivity index (χ0v) is 9.21. The fourth-order valence-corrected chi connectivity index (χ4v) is 1.53. The predicted molar refractivity (Wildman–Crippen MR) is 54.1 cm³/mol. The molecule has 4 heteroatoms. The van der Waals surface area contributed by atoms with Gasteiger partial charge in [0.15, 0.2) is 6.10 Å². The first-order valence-corrected chi connectivity index (χ1v) is 4.94. The van der Waals surface area contributed by atoms with Gasteiger partial charge in [0, 0.05) is 16.6 Å². The van der Waals surface area contributed by atoms with Crippen molar-refractivity contribution in [3.05, 3.63) is 34.1 Å². The van der Waals surface area contributed by atoms with Gasteiger partial charge < -0.3 is 4.74 Å². The highest BCUT2D eigenvalue weighted by Gasteiger charge is 2.14. The molecule has 0 heterocycles. The number of rotatable bonds is 3. The highest BCUT2D eigenvalue weighted by molar-refractivity contribution is 9.10. The molecule has 1 aromatic carbocycles. The maximum absolute atomic E-state index is 12.9. The summed E-state index contributed by atoms with van der Waals surface area (Å²) in [4.78, 5) is 0. The van der Waals surface area contributed by atoms with Gasteiger partial charge in [0.25, 0.3) is 0 Å². The lowest BCUT2D eigenvalue weighted by Gasteiger charge is -2.11. The molecule has 0 bridgehead atoms. The Balaban J connectivity index is 3.03. The summed E-state index contributed by atoms with van der Waals surface area (Å²) in [5, 5.41) is 8.81. The first kappa shape index (κ1) is 11.2. The molecule has 0 fully saturated rings. The first-order chi connectivity index (χ1) is 6.69. The number of benzene rings is 1. The van der Waals surface area contributed by atoms with Crippen LogP contribution in [0.25, 0.3) is 0 Å². The third kappa shape index (κ3) is 2.53. The summed E-state index contributed by atoms with van der Waals surface area (Å²) in [5.74, 6) is -0.372. The molecular formula is C10H9BrFNO. The molecule has 0 saturated heterocycles. The zero-order valence-electron chi connectivity index (χ0n) is 7.63. The Bertz CT molecular complexity index is 362. The smallest absolute Gasteiger partial charge is 0.170 e.